The first kappa shape index (κ1) is 15.9. The second-order valence-corrected chi connectivity index (χ2v) is 6.41. The number of nitrogens with one attached hydrogen (secondary N) is 1. The maximum absolute atomic E-state index is 12.3. The van der Waals surface area contributed by atoms with Crippen LogP contribution in [0.15, 0.2) is 52.9 Å². The Bertz CT molecular complexity index is 928. The lowest BCUT2D eigenvalue weighted by atomic mass is 10.2. The first-order chi connectivity index (χ1) is 12.2. The summed E-state index contributed by atoms with van der Waals surface area (Å²) >= 11 is 2.10. The number of fused-ring (bicyclic) bond motifs is 1. The van der Waals surface area contributed by atoms with Gasteiger partial charge in [0, 0.05) is 3.57 Å². The van der Waals surface area contributed by atoms with Crippen molar-refractivity contribution in [3.63, 3.8) is 0 Å². The zero-order valence-electron chi connectivity index (χ0n) is 12.8. The van der Waals surface area contributed by atoms with Gasteiger partial charge in [-0.2, -0.15) is 0 Å². The highest BCUT2D eigenvalue weighted by Crippen LogP contribution is 2.35. The van der Waals surface area contributed by atoms with Gasteiger partial charge in [-0.3, -0.25) is 10.1 Å². The van der Waals surface area contributed by atoms with E-state index < -0.39 is 6.10 Å². The number of aromatic nitrogens is 2. The number of carbonyl (C=O) groups excluding carboxylic acids is 1. The minimum absolute atomic E-state index is 0.0158. The number of rotatable bonds is 3. The molecule has 1 N–H and O–H groups in total. The third-order valence-electron chi connectivity index (χ3n) is 3.56. The third-order valence-corrected chi connectivity index (χ3v) is 4.50. The van der Waals surface area contributed by atoms with Crippen molar-refractivity contribution in [2.24, 2.45) is 0 Å². The fraction of sp³-hybridized carbons (Fsp3) is 0.118. The standard InChI is InChI=1S/C17H12IN3O4/c18-11-6-2-1-5-10(11)15(22)19-17-21-20-16(25-17)14-9-23-12-7-3-4-8-13(12)24-14/h1-8,14H,9H2,(H,19,21,22). The van der Waals surface area contributed by atoms with E-state index >= 15 is 0 Å². The van der Waals surface area contributed by atoms with Crippen LogP contribution in [0.3, 0.4) is 0 Å². The molecule has 8 heteroatoms. The molecule has 126 valence electrons. The van der Waals surface area contributed by atoms with Crippen molar-refractivity contribution in [3.05, 3.63) is 63.6 Å². The van der Waals surface area contributed by atoms with E-state index in [2.05, 4.69) is 38.1 Å². The summed E-state index contributed by atoms with van der Waals surface area (Å²) in [5, 5.41) is 10.4. The van der Waals surface area contributed by atoms with E-state index in [-0.39, 0.29) is 24.4 Å². The lowest BCUT2D eigenvalue weighted by Gasteiger charge is -2.23. The Hall–Kier alpha value is -2.62. The van der Waals surface area contributed by atoms with E-state index in [1.807, 2.05) is 30.3 Å². The van der Waals surface area contributed by atoms with Crippen LogP contribution in [0.4, 0.5) is 6.01 Å². The number of amides is 1. The Kier molecular flexibility index (Phi) is 4.26. The maximum atomic E-state index is 12.3. The molecule has 0 saturated carbocycles. The number of hydrogen-bond acceptors (Lipinski definition) is 6. The Morgan fingerprint density at radius 3 is 2.68 bits per heavy atom. The predicted molar refractivity (Wildman–Crippen MR) is 96.7 cm³/mol. The maximum Gasteiger partial charge on any atom is 0.322 e. The number of halogens is 1. The molecule has 1 amide bonds. The van der Waals surface area contributed by atoms with Gasteiger partial charge in [-0.15, -0.1) is 5.10 Å². The first-order valence-corrected chi connectivity index (χ1v) is 8.56. The number of para-hydroxylation sites is 2. The van der Waals surface area contributed by atoms with Crippen molar-refractivity contribution in [1.29, 1.82) is 0 Å². The van der Waals surface area contributed by atoms with Crippen LogP contribution in [-0.2, 0) is 0 Å². The minimum Gasteiger partial charge on any atom is -0.485 e. The van der Waals surface area contributed by atoms with Crippen molar-refractivity contribution < 1.29 is 18.7 Å². The van der Waals surface area contributed by atoms with Crippen LogP contribution in [0, 0.1) is 3.57 Å². The summed E-state index contributed by atoms with van der Waals surface area (Å²) in [6.07, 6.45) is -0.523. The summed E-state index contributed by atoms with van der Waals surface area (Å²) in [6.45, 7) is 0.253. The number of carbonyl (C=O) groups is 1. The highest BCUT2D eigenvalue weighted by Gasteiger charge is 2.27. The van der Waals surface area contributed by atoms with Gasteiger partial charge in [0.1, 0.15) is 6.61 Å². The summed E-state index contributed by atoms with van der Waals surface area (Å²) in [6, 6.07) is 14.6. The molecule has 0 saturated heterocycles. The van der Waals surface area contributed by atoms with Crippen LogP contribution in [0.25, 0.3) is 0 Å². The van der Waals surface area contributed by atoms with E-state index in [1.54, 1.807) is 18.2 Å². The van der Waals surface area contributed by atoms with Gasteiger partial charge in [0.15, 0.2) is 11.5 Å². The zero-order valence-corrected chi connectivity index (χ0v) is 15.0. The number of benzene rings is 2. The lowest BCUT2D eigenvalue weighted by molar-refractivity contribution is 0.0716. The topological polar surface area (TPSA) is 86.5 Å². The molecule has 4 rings (SSSR count). The molecule has 1 atom stereocenters. The molecule has 2 heterocycles. The van der Waals surface area contributed by atoms with Crippen LogP contribution in [0.1, 0.15) is 22.4 Å². The highest BCUT2D eigenvalue weighted by atomic mass is 127. The minimum atomic E-state index is -0.523. The molecule has 0 radical (unpaired) electrons. The van der Waals surface area contributed by atoms with E-state index in [4.69, 9.17) is 13.9 Å². The van der Waals surface area contributed by atoms with Gasteiger partial charge < -0.3 is 13.9 Å². The van der Waals surface area contributed by atoms with Crippen molar-refractivity contribution >= 4 is 34.5 Å². The Labute approximate surface area is 156 Å². The Morgan fingerprint density at radius 1 is 1.08 bits per heavy atom. The molecular formula is C17H12IN3O4. The van der Waals surface area contributed by atoms with E-state index in [0.717, 1.165) is 3.57 Å². The highest BCUT2D eigenvalue weighted by molar-refractivity contribution is 14.1. The predicted octanol–water partition coefficient (Wildman–Crippen LogP) is 3.44. The normalized spacial score (nSPS) is 15.6. The number of nitrogens with zero attached hydrogens (tertiary/aromatic N) is 2. The van der Waals surface area contributed by atoms with Crippen molar-refractivity contribution in [2.75, 3.05) is 11.9 Å². The lowest BCUT2D eigenvalue weighted by Crippen LogP contribution is -2.21. The quantitative estimate of drug-likeness (QED) is 0.617. The van der Waals surface area contributed by atoms with E-state index in [9.17, 15) is 4.79 Å². The fourth-order valence-corrected chi connectivity index (χ4v) is 3.00. The zero-order chi connectivity index (χ0) is 17.2. The molecule has 0 aliphatic carbocycles. The van der Waals surface area contributed by atoms with Crippen LogP contribution in [-0.4, -0.2) is 22.7 Å². The third kappa shape index (κ3) is 3.29. The molecule has 7 nitrogen and oxygen atoms in total. The molecule has 2 aromatic carbocycles. The molecule has 1 aliphatic heterocycles. The van der Waals surface area contributed by atoms with Gasteiger partial charge in [0.25, 0.3) is 11.8 Å². The summed E-state index contributed by atoms with van der Waals surface area (Å²) < 4.78 is 17.8. The van der Waals surface area contributed by atoms with E-state index in [1.165, 1.54) is 0 Å². The number of ether oxygens (including phenoxy) is 2. The summed E-state index contributed by atoms with van der Waals surface area (Å²) in [5.41, 5.74) is 0.536. The average Bonchev–Trinajstić information content (AvgIpc) is 3.10. The van der Waals surface area contributed by atoms with Gasteiger partial charge in [-0.05, 0) is 46.9 Å². The van der Waals surface area contributed by atoms with Gasteiger partial charge in [0.2, 0.25) is 6.10 Å². The van der Waals surface area contributed by atoms with Gasteiger partial charge in [0.05, 0.1) is 5.56 Å². The second kappa shape index (κ2) is 6.71. The monoisotopic (exact) mass is 449 g/mol. The molecule has 3 aromatic rings. The van der Waals surface area contributed by atoms with Crippen molar-refractivity contribution in [1.82, 2.24) is 10.2 Å². The molecule has 0 bridgehead atoms. The smallest absolute Gasteiger partial charge is 0.322 e. The average molecular weight is 449 g/mol. The van der Waals surface area contributed by atoms with Crippen molar-refractivity contribution in [3.8, 4) is 11.5 Å². The molecule has 0 spiro atoms. The molecule has 1 unspecified atom stereocenters. The Morgan fingerprint density at radius 2 is 1.84 bits per heavy atom. The first-order valence-electron chi connectivity index (χ1n) is 7.48. The molecule has 1 aliphatic rings. The molecule has 1 aromatic heterocycles. The van der Waals surface area contributed by atoms with Gasteiger partial charge >= 0.3 is 6.01 Å². The Balaban J connectivity index is 1.48. The van der Waals surface area contributed by atoms with Gasteiger partial charge in [-0.1, -0.05) is 29.4 Å². The van der Waals surface area contributed by atoms with Gasteiger partial charge in [-0.25, -0.2) is 0 Å². The number of hydrogen-bond donors (Lipinski definition) is 1. The summed E-state index contributed by atoms with van der Waals surface area (Å²) in [4.78, 5) is 12.3. The van der Waals surface area contributed by atoms with E-state index in [0.29, 0.717) is 17.1 Å². The van der Waals surface area contributed by atoms with Crippen LogP contribution in [0.5, 0.6) is 11.5 Å². The fourth-order valence-electron chi connectivity index (χ4n) is 2.37. The molecule has 25 heavy (non-hydrogen) atoms. The van der Waals surface area contributed by atoms with Crippen LogP contribution < -0.4 is 14.8 Å². The molecule has 0 fully saturated rings. The largest absolute Gasteiger partial charge is 0.485 e. The van der Waals surface area contributed by atoms with Crippen molar-refractivity contribution in [2.45, 2.75) is 6.10 Å². The second-order valence-electron chi connectivity index (χ2n) is 5.24. The van der Waals surface area contributed by atoms with Crippen LogP contribution in [0.2, 0.25) is 0 Å². The summed E-state index contributed by atoms with van der Waals surface area (Å²) in [7, 11) is 0. The summed E-state index contributed by atoms with van der Waals surface area (Å²) in [5.74, 6) is 1.21. The molecular weight excluding hydrogens is 437 g/mol. The number of anilines is 1. The van der Waals surface area contributed by atoms with Crippen LogP contribution >= 0.6 is 22.6 Å². The SMILES string of the molecule is O=C(Nc1nnc(C2COc3ccccc3O2)o1)c1ccccc1I.